The van der Waals surface area contributed by atoms with Gasteiger partial charge in [-0.1, -0.05) is 75.4 Å². The molecule has 2 heterocycles. The van der Waals surface area contributed by atoms with E-state index in [4.69, 9.17) is 4.42 Å². The number of hydrogen-bond acceptors (Lipinski definition) is 2. The van der Waals surface area contributed by atoms with Crippen LogP contribution in [0.1, 0.15) is 61.1 Å². The number of hydrogen-bond donors (Lipinski definition) is 1. The fourth-order valence-electron chi connectivity index (χ4n) is 4.95. The van der Waals surface area contributed by atoms with Crippen molar-refractivity contribution in [3.8, 4) is 0 Å². The molecule has 4 nitrogen and oxygen atoms in total. The first kappa shape index (κ1) is 25.5. The summed E-state index contributed by atoms with van der Waals surface area (Å²) >= 11 is 0. The van der Waals surface area contributed by atoms with E-state index < -0.39 is 0 Å². The number of rotatable bonds is 8. The van der Waals surface area contributed by atoms with Crippen molar-refractivity contribution in [3.63, 3.8) is 0 Å². The van der Waals surface area contributed by atoms with E-state index in [0.717, 1.165) is 33.4 Å². The van der Waals surface area contributed by atoms with Crippen LogP contribution in [-0.4, -0.2) is 10.5 Å². The standard InChI is InChI=1S/C33H33FN2O2/c1-33(2,3)25-14-12-24(13-15-25)29(19-32(37)35-20-27-7-6-18-38-27)30-22-36(31-9-5-4-8-28(30)31)21-23-10-16-26(34)17-11-23/h4-18,22,29H,19-21H2,1-3H3,(H,35,37)/t29-/m1/s1. The minimum atomic E-state index is -0.244. The van der Waals surface area contributed by atoms with Gasteiger partial charge in [0.1, 0.15) is 11.6 Å². The van der Waals surface area contributed by atoms with Gasteiger partial charge in [-0.05, 0) is 58.0 Å². The van der Waals surface area contributed by atoms with Gasteiger partial charge < -0.3 is 14.3 Å². The van der Waals surface area contributed by atoms with Crippen LogP contribution in [0.15, 0.2) is 102 Å². The first-order chi connectivity index (χ1) is 18.3. The Balaban J connectivity index is 1.52. The molecule has 0 aliphatic rings. The molecule has 194 valence electrons. The van der Waals surface area contributed by atoms with Gasteiger partial charge >= 0.3 is 0 Å². The summed E-state index contributed by atoms with van der Waals surface area (Å²) in [5.74, 6) is 0.299. The lowest BCUT2D eigenvalue weighted by Gasteiger charge is -2.22. The van der Waals surface area contributed by atoms with Gasteiger partial charge in [-0.2, -0.15) is 0 Å². The molecule has 0 saturated heterocycles. The van der Waals surface area contributed by atoms with Crippen LogP contribution in [0.4, 0.5) is 4.39 Å². The molecule has 5 aromatic rings. The van der Waals surface area contributed by atoms with Crippen molar-refractivity contribution in [2.75, 3.05) is 0 Å². The number of halogens is 1. The molecule has 3 aromatic carbocycles. The van der Waals surface area contributed by atoms with Crippen LogP contribution in [0, 0.1) is 5.82 Å². The average molecular weight is 509 g/mol. The summed E-state index contributed by atoms with van der Waals surface area (Å²) < 4.78 is 21.1. The SMILES string of the molecule is CC(C)(C)c1ccc([C@@H](CC(=O)NCc2ccco2)c2cn(Cc3ccc(F)cc3)c3ccccc23)cc1. The molecule has 0 aliphatic carbocycles. The quantitative estimate of drug-likeness (QED) is 0.235. The van der Waals surface area contributed by atoms with Crippen LogP contribution in [0.5, 0.6) is 0 Å². The molecular formula is C33H33FN2O2. The Morgan fingerprint density at radius 1 is 0.947 bits per heavy atom. The Kier molecular flexibility index (Phi) is 7.19. The Morgan fingerprint density at radius 2 is 1.68 bits per heavy atom. The van der Waals surface area contributed by atoms with Crippen LogP contribution in [0.25, 0.3) is 10.9 Å². The smallest absolute Gasteiger partial charge is 0.221 e. The van der Waals surface area contributed by atoms with Crippen molar-refractivity contribution in [2.45, 2.75) is 51.6 Å². The van der Waals surface area contributed by atoms with E-state index >= 15 is 0 Å². The number of para-hydroxylation sites is 1. The lowest BCUT2D eigenvalue weighted by atomic mass is 9.83. The molecule has 5 heteroatoms. The summed E-state index contributed by atoms with van der Waals surface area (Å²) in [6.07, 6.45) is 4.06. The summed E-state index contributed by atoms with van der Waals surface area (Å²) in [6.45, 7) is 7.56. The number of benzene rings is 3. The zero-order valence-electron chi connectivity index (χ0n) is 22.1. The first-order valence-electron chi connectivity index (χ1n) is 13.0. The molecule has 5 rings (SSSR count). The van der Waals surface area contributed by atoms with Gasteiger partial charge in [0.05, 0.1) is 12.8 Å². The third-order valence-corrected chi connectivity index (χ3v) is 7.07. The van der Waals surface area contributed by atoms with Gasteiger partial charge in [0.15, 0.2) is 0 Å². The highest BCUT2D eigenvalue weighted by Crippen LogP contribution is 2.36. The summed E-state index contributed by atoms with van der Waals surface area (Å²) in [4.78, 5) is 13.2. The van der Waals surface area contributed by atoms with Gasteiger partial charge in [0, 0.05) is 36.0 Å². The molecule has 0 aliphatic heterocycles. The highest BCUT2D eigenvalue weighted by Gasteiger charge is 2.24. The summed E-state index contributed by atoms with van der Waals surface area (Å²) in [7, 11) is 0. The zero-order valence-corrected chi connectivity index (χ0v) is 22.1. The number of carbonyl (C=O) groups is 1. The van der Waals surface area contributed by atoms with Crippen LogP contribution in [0.3, 0.4) is 0 Å². The van der Waals surface area contributed by atoms with E-state index in [-0.39, 0.29) is 23.1 Å². The predicted octanol–water partition coefficient (Wildman–Crippen LogP) is 7.56. The van der Waals surface area contributed by atoms with Gasteiger partial charge in [-0.15, -0.1) is 0 Å². The van der Waals surface area contributed by atoms with Crippen molar-refractivity contribution in [3.05, 3.63) is 131 Å². The number of furan rings is 1. The fraction of sp³-hybridized carbons (Fsp3) is 0.242. The maximum atomic E-state index is 13.5. The molecule has 0 bridgehead atoms. The second kappa shape index (κ2) is 10.7. The third kappa shape index (κ3) is 5.72. The van der Waals surface area contributed by atoms with Gasteiger partial charge in [-0.25, -0.2) is 4.39 Å². The molecule has 0 spiro atoms. The van der Waals surface area contributed by atoms with Gasteiger partial charge in [0.2, 0.25) is 5.91 Å². The summed E-state index contributed by atoms with van der Waals surface area (Å²) in [5.41, 5.74) is 5.58. The molecule has 0 saturated carbocycles. The largest absolute Gasteiger partial charge is 0.467 e. The fourth-order valence-corrected chi connectivity index (χ4v) is 4.95. The molecule has 1 amide bonds. The van der Waals surface area contributed by atoms with E-state index in [1.165, 1.54) is 17.7 Å². The molecule has 0 fully saturated rings. The minimum absolute atomic E-state index is 0.0401. The lowest BCUT2D eigenvalue weighted by Crippen LogP contribution is -2.24. The van der Waals surface area contributed by atoms with Crippen molar-refractivity contribution < 1.29 is 13.6 Å². The maximum Gasteiger partial charge on any atom is 0.221 e. The Hall–Kier alpha value is -4.12. The van der Waals surface area contributed by atoms with Gasteiger partial charge in [-0.3, -0.25) is 4.79 Å². The van der Waals surface area contributed by atoms with Crippen molar-refractivity contribution in [1.29, 1.82) is 0 Å². The Labute approximate surface area is 223 Å². The summed E-state index contributed by atoms with van der Waals surface area (Å²) in [5, 5.41) is 4.13. The minimum Gasteiger partial charge on any atom is -0.467 e. The van der Waals surface area contributed by atoms with E-state index in [0.29, 0.717) is 19.5 Å². The molecule has 1 N–H and O–H groups in total. The second-order valence-corrected chi connectivity index (χ2v) is 10.8. The normalized spacial score (nSPS) is 12.5. The van der Waals surface area contributed by atoms with Crippen LogP contribution in [-0.2, 0) is 23.3 Å². The number of nitrogens with one attached hydrogen (secondary N) is 1. The lowest BCUT2D eigenvalue weighted by molar-refractivity contribution is -0.121. The van der Waals surface area contributed by atoms with Crippen LogP contribution < -0.4 is 5.32 Å². The number of carbonyl (C=O) groups excluding carboxylic acids is 1. The van der Waals surface area contributed by atoms with Crippen LogP contribution >= 0.6 is 0 Å². The van der Waals surface area contributed by atoms with E-state index in [9.17, 15) is 9.18 Å². The molecule has 2 aromatic heterocycles. The predicted molar refractivity (Wildman–Crippen MR) is 150 cm³/mol. The molecule has 1 atom stereocenters. The van der Waals surface area contributed by atoms with Crippen LogP contribution in [0.2, 0.25) is 0 Å². The Bertz CT molecular complexity index is 1510. The maximum absolute atomic E-state index is 13.5. The molecular weight excluding hydrogens is 475 g/mol. The highest BCUT2D eigenvalue weighted by molar-refractivity contribution is 5.86. The highest BCUT2D eigenvalue weighted by atomic mass is 19.1. The number of amides is 1. The van der Waals surface area contributed by atoms with Crippen molar-refractivity contribution in [2.24, 2.45) is 0 Å². The molecule has 0 unspecified atom stereocenters. The number of nitrogens with zero attached hydrogens (tertiary/aromatic N) is 1. The first-order valence-corrected chi connectivity index (χ1v) is 13.0. The van der Waals surface area contributed by atoms with Gasteiger partial charge in [0.25, 0.3) is 0 Å². The third-order valence-electron chi connectivity index (χ3n) is 7.07. The number of aromatic nitrogens is 1. The average Bonchev–Trinajstić information content (AvgIpc) is 3.56. The molecule has 38 heavy (non-hydrogen) atoms. The molecule has 0 radical (unpaired) electrons. The second-order valence-electron chi connectivity index (χ2n) is 10.8. The monoisotopic (exact) mass is 508 g/mol. The van der Waals surface area contributed by atoms with E-state index in [1.54, 1.807) is 6.26 Å². The number of fused-ring (bicyclic) bond motifs is 1. The topological polar surface area (TPSA) is 47.2 Å². The van der Waals surface area contributed by atoms with E-state index in [1.807, 2.05) is 36.4 Å². The van der Waals surface area contributed by atoms with E-state index in [2.05, 4.69) is 73.3 Å². The van der Waals surface area contributed by atoms with Crippen molar-refractivity contribution in [1.82, 2.24) is 9.88 Å². The Morgan fingerprint density at radius 3 is 2.37 bits per heavy atom. The summed E-state index contributed by atoms with van der Waals surface area (Å²) in [6, 6.07) is 27.2. The van der Waals surface area contributed by atoms with Crippen molar-refractivity contribution >= 4 is 16.8 Å². The zero-order chi connectivity index (χ0) is 26.7.